The molecule has 0 aliphatic carbocycles. The van der Waals surface area contributed by atoms with E-state index in [0.717, 1.165) is 0 Å². The lowest BCUT2D eigenvalue weighted by molar-refractivity contribution is -0.141. The highest BCUT2D eigenvalue weighted by Crippen LogP contribution is 2.34. The smallest absolute Gasteiger partial charge is 0.339 e. The van der Waals surface area contributed by atoms with Gasteiger partial charge in [-0.15, -0.1) is 0 Å². The van der Waals surface area contributed by atoms with Crippen LogP contribution in [0.4, 0.5) is 0 Å². The summed E-state index contributed by atoms with van der Waals surface area (Å²) in [6.07, 6.45) is -1.48. The van der Waals surface area contributed by atoms with Crippen LogP contribution in [0.1, 0.15) is 7.43 Å². The lowest BCUT2D eigenvalue weighted by Gasteiger charge is -2.17. The molecule has 10 N–H and O–H groups in total. The molecule has 0 aliphatic rings. The van der Waals surface area contributed by atoms with Crippen LogP contribution in [0.5, 0.6) is 0 Å². The maximum absolute atomic E-state index is 10.5. The Balaban J connectivity index is -0.000000181. The van der Waals surface area contributed by atoms with E-state index >= 15 is 0 Å². The van der Waals surface area contributed by atoms with Crippen molar-refractivity contribution in [1.29, 1.82) is 0 Å². The molecule has 17 heteroatoms. The third-order valence-corrected chi connectivity index (χ3v) is 3.10. The van der Waals surface area contributed by atoms with Gasteiger partial charge in [0.2, 0.25) is 0 Å². The van der Waals surface area contributed by atoms with E-state index in [9.17, 15) is 23.5 Å². The molecule has 0 heterocycles. The Morgan fingerprint density at radius 3 is 1.42 bits per heavy atom. The van der Waals surface area contributed by atoms with E-state index in [4.69, 9.17) is 34.9 Å². The summed E-state index contributed by atoms with van der Waals surface area (Å²) in [5.41, 5.74) is 0. The van der Waals surface area contributed by atoms with Gasteiger partial charge in [-0.2, -0.15) is 0 Å². The van der Waals surface area contributed by atoms with Crippen molar-refractivity contribution < 1.29 is 63.9 Å². The molecule has 0 aromatic carbocycles. The van der Waals surface area contributed by atoms with Crippen molar-refractivity contribution in [2.75, 3.05) is 32.2 Å². The highest BCUT2D eigenvalue weighted by Gasteiger charge is 2.22. The van der Waals surface area contributed by atoms with Gasteiger partial charge < -0.3 is 40.4 Å². The third kappa shape index (κ3) is 30.5. The molecule has 15 nitrogen and oxygen atoms in total. The summed E-state index contributed by atoms with van der Waals surface area (Å²) < 4.78 is 20.5. The average molecular weight is 430 g/mol. The fraction of sp³-hybridized carbons (Fsp3) is 0.667. The van der Waals surface area contributed by atoms with Gasteiger partial charge in [0.1, 0.15) is 6.29 Å². The van der Waals surface area contributed by atoms with Crippen molar-refractivity contribution in [3.05, 3.63) is 0 Å². The normalized spacial score (nSPS) is 10.7. The van der Waals surface area contributed by atoms with Gasteiger partial charge in [0.25, 0.3) is 0 Å². The van der Waals surface area contributed by atoms with Gasteiger partial charge in [-0.05, 0) is 0 Å². The van der Waals surface area contributed by atoms with E-state index < -0.39 is 65.3 Å². The van der Waals surface area contributed by atoms with Crippen LogP contribution in [0.15, 0.2) is 0 Å². The predicted octanol–water partition coefficient (Wildman–Crippen LogP) is -2.80. The van der Waals surface area contributed by atoms with Gasteiger partial charge in [-0.25, -0.2) is 0 Å². The van der Waals surface area contributed by atoms with Crippen LogP contribution in [0.3, 0.4) is 0 Å². The molecule has 0 rings (SSSR count). The van der Waals surface area contributed by atoms with E-state index in [0.29, 0.717) is 4.90 Å². The van der Waals surface area contributed by atoms with E-state index in [1.165, 1.54) is 0 Å². The molecule has 0 bridgehead atoms. The molecule has 0 aromatic rings. The Bertz CT molecular complexity index is 512. The Morgan fingerprint density at radius 2 is 1.19 bits per heavy atom. The summed E-state index contributed by atoms with van der Waals surface area (Å²) in [7, 11) is -8.53. The summed E-state index contributed by atoms with van der Waals surface area (Å²) >= 11 is 0. The van der Waals surface area contributed by atoms with Gasteiger partial charge in [0, 0.05) is 0 Å². The molecular formula is C9H24N2O13P2. The van der Waals surface area contributed by atoms with Gasteiger partial charge in [-0.3, -0.25) is 33.7 Å². The number of carbonyl (C=O) groups is 3. The van der Waals surface area contributed by atoms with E-state index in [-0.39, 0.29) is 12.9 Å². The Labute approximate surface area is 147 Å². The van der Waals surface area contributed by atoms with Crippen molar-refractivity contribution in [2.24, 2.45) is 0 Å². The van der Waals surface area contributed by atoms with Crippen molar-refractivity contribution in [2.45, 2.75) is 7.43 Å². The molecule has 158 valence electrons. The van der Waals surface area contributed by atoms with Gasteiger partial charge >= 0.3 is 33.1 Å². The number of rotatable bonds is 10. The molecule has 26 heavy (non-hydrogen) atoms. The van der Waals surface area contributed by atoms with Gasteiger partial charge in [0.05, 0.1) is 25.9 Å². The predicted molar refractivity (Wildman–Crippen MR) is 86.7 cm³/mol. The van der Waals surface area contributed by atoms with Crippen LogP contribution in [0.2, 0.25) is 0 Å². The number of carboxylic acids is 3. The largest absolute Gasteiger partial charge is 0.480 e. The highest BCUT2D eigenvalue weighted by molar-refractivity contribution is 7.51. The first kappa shape index (κ1) is 32.3. The minimum Gasteiger partial charge on any atom is -0.480 e. The molecule has 0 saturated heterocycles. The van der Waals surface area contributed by atoms with Crippen molar-refractivity contribution in [1.82, 2.24) is 10.2 Å². The summed E-state index contributed by atoms with van der Waals surface area (Å²) in [5, 5.41) is 26.7. The Morgan fingerprint density at radius 1 is 0.808 bits per heavy atom. The van der Waals surface area contributed by atoms with Crippen LogP contribution < -0.4 is 5.32 Å². The number of carboxylic acid groups (broad SMARTS) is 3. The second kappa shape index (κ2) is 14.7. The SMILES string of the molecule is C.O.O=C(O)CN(CC(=O)O)CP(=O)(O)O.O=C(O)CNCP(=O)(O)O. The number of hydrogen-bond acceptors (Lipinski definition) is 7. The molecule has 0 fully saturated rings. The average Bonchev–Trinajstić information content (AvgIpc) is 2.22. The summed E-state index contributed by atoms with van der Waals surface area (Å²) in [4.78, 5) is 64.2. The minimum atomic E-state index is -4.44. The first-order chi connectivity index (χ1) is 10.6. The molecule has 0 spiro atoms. The molecule has 0 aromatic heterocycles. The van der Waals surface area contributed by atoms with Crippen molar-refractivity contribution in [3.63, 3.8) is 0 Å². The molecule has 0 saturated carbocycles. The second-order valence-electron chi connectivity index (χ2n) is 4.22. The van der Waals surface area contributed by atoms with Crippen molar-refractivity contribution in [3.8, 4) is 0 Å². The first-order valence-electron chi connectivity index (χ1n) is 5.80. The third-order valence-electron chi connectivity index (χ3n) is 1.70. The molecule has 0 radical (unpaired) electrons. The second-order valence-corrected chi connectivity index (χ2v) is 7.48. The fourth-order valence-electron chi connectivity index (χ4n) is 1.11. The zero-order chi connectivity index (χ0) is 19.6. The number of nitrogens with zero attached hydrogens (tertiary/aromatic N) is 1. The minimum absolute atomic E-state index is 0. The summed E-state index contributed by atoms with van der Waals surface area (Å²) in [6.45, 7) is -1.89. The number of nitrogens with one attached hydrogen (secondary N) is 1. The van der Waals surface area contributed by atoms with E-state index in [1.54, 1.807) is 0 Å². The fourth-order valence-corrected chi connectivity index (χ4v) is 2.23. The van der Waals surface area contributed by atoms with Crippen LogP contribution in [-0.2, 0) is 23.5 Å². The molecule has 0 atom stereocenters. The quantitative estimate of drug-likeness (QED) is 0.163. The maximum Gasteiger partial charge on any atom is 0.339 e. The number of hydrogen-bond donors (Lipinski definition) is 8. The highest BCUT2D eigenvalue weighted by atomic mass is 31.2. The van der Waals surface area contributed by atoms with E-state index in [1.807, 2.05) is 0 Å². The van der Waals surface area contributed by atoms with Crippen LogP contribution >= 0.6 is 15.2 Å². The standard InChI is InChI=1S/C5H10NO7P.C3H8NO5P.CH4.H2O/c7-4(8)1-6(2-5(9)10)3-14(11,12)13;5-3(6)1-4-2-10(7,8)9;;/h1-3H2,(H,7,8)(H,9,10)(H2,11,12,13);4H,1-2H2,(H,5,6)(H2,7,8,9);1H4;1H2. The zero-order valence-corrected chi connectivity index (χ0v) is 14.3. The zero-order valence-electron chi connectivity index (χ0n) is 12.5. The van der Waals surface area contributed by atoms with Gasteiger partial charge in [-0.1, -0.05) is 7.43 Å². The monoisotopic (exact) mass is 430 g/mol. The topological polar surface area (TPSA) is 274 Å². The van der Waals surface area contributed by atoms with Crippen LogP contribution in [0, 0.1) is 0 Å². The number of aliphatic carboxylic acids is 3. The van der Waals surface area contributed by atoms with E-state index in [2.05, 4.69) is 5.32 Å². The maximum atomic E-state index is 10.5. The molecule has 0 amide bonds. The Hall–Kier alpha value is -1.41. The molecule has 0 aliphatic heterocycles. The van der Waals surface area contributed by atoms with Crippen LogP contribution in [0.25, 0.3) is 0 Å². The first-order valence-corrected chi connectivity index (χ1v) is 9.39. The van der Waals surface area contributed by atoms with Gasteiger partial charge in [0.15, 0.2) is 0 Å². The Kier molecular flexibility index (Phi) is 18.3. The molecular weight excluding hydrogens is 406 g/mol. The lowest BCUT2D eigenvalue weighted by atomic mass is 10.5. The van der Waals surface area contributed by atoms with Crippen LogP contribution in [-0.4, -0.2) is 95.4 Å². The lowest BCUT2D eigenvalue weighted by Crippen LogP contribution is -2.35. The van der Waals surface area contributed by atoms with Crippen molar-refractivity contribution >= 4 is 33.1 Å². The molecule has 0 unspecified atom stereocenters. The summed E-state index contributed by atoms with van der Waals surface area (Å²) in [5.74, 6) is -3.84. The summed E-state index contributed by atoms with van der Waals surface area (Å²) in [6, 6.07) is 0.